The topological polar surface area (TPSA) is 44.7 Å². The molecule has 1 amide bonds. The molecule has 120 valence electrons. The third kappa shape index (κ3) is 4.86. The van der Waals surface area contributed by atoms with E-state index < -0.39 is 0 Å². The summed E-state index contributed by atoms with van der Waals surface area (Å²) in [5.74, 6) is 0.842. The number of nitrogens with one attached hydrogen (secondary N) is 1. The van der Waals surface area contributed by atoms with Gasteiger partial charge in [-0.1, -0.05) is 38.3 Å². The number of amides is 1. The maximum Gasteiger partial charge on any atom is 0.243 e. The number of carbonyl (C=O) groups excluding carboxylic acids is 1. The molecule has 1 fully saturated rings. The molecule has 0 aliphatic heterocycles. The number of hydrogen-bond acceptors (Lipinski definition) is 3. The van der Waals surface area contributed by atoms with Crippen molar-refractivity contribution in [2.24, 2.45) is 16.9 Å². The monoisotopic (exact) mass is 301 g/mol. The van der Waals surface area contributed by atoms with Gasteiger partial charge in [-0.2, -0.15) is 5.10 Å². The van der Waals surface area contributed by atoms with E-state index in [1.54, 1.807) is 6.21 Å². The molecule has 0 unspecified atom stereocenters. The van der Waals surface area contributed by atoms with Crippen LogP contribution in [0.2, 0.25) is 0 Å². The molecule has 0 aromatic heterocycles. The lowest BCUT2D eigenvalue weighted by atomic mass is 10.1. The molecule has 1 aromatic rings. The molecule has 1 N–H and O–H groups in total. The lowest BCUT2D eigenvalue weighted by Gasteiger charge is -2.11. The number of rotatable bonds is 8. The van der Waals surface area contributed by atoms with Gasteiger partial charge in [0, 0.05) is 25.7 Å². The quantitative estimate of drug-likeness (QED) is 0.454. The van der Waals surface area contributed by atoms with Crippen molar-refractivity contribution >= 4 is 17.8 Å². The first-order chi connectivity index (χ1) is 10.6. The zero-order valence-electron chi connectivity index (χ0n) is 13.9. The molecule has 4 heteroatoms. The van der Waals surface area contributed by atoms with Crippen molar-refractivity contribution in [1.29, 1.82) is 0 Å². The second-order valence-corrected chi connectivity index (χ2v) is 6.32. The van der Waals surface area contributed by atoms with Crippen LogP contribution in [-0.2, 0) is 4.79 Å². The van der Waals surface area contributed by atoms with Crippen LogP contribution in [0.3, 0.4) is 0 Å². The first-order valence-electron chi connectivity index (χ1n) is 8.22. The normalized spacial score (nSPS) is 20.1. The predicted octanol–water partition coefficient (Wildman–Crippen LogP) is 3.42. The summed E-state index contributed by atoms with van der Waals surface area (Å²) in [5.41, 5.74) is 4.81. The number of unbranched alkanes of at least 4 members (excludes halogenated alkanes) is 2. The van der Waals surface area contributed by atoms with Crippen LogP contribution in [0.4, 0.5) is 5.69 Å². The minimum absolute atomic E-state index is 0.0719. The molecule has 22 heavy (non-hydrogen) atoms. The molecule has 0 spiro atoms. The molecule has 1 aromatic carbocycles. The zero-order chi connectivity index (χ0) is 15.9. The van der Waals surface area contributed by atoms with Gasteiger partial charge in [0.05, 0.1) is 6.21 Å². The van der Waals surface area contributed by atoms with E-state index in [-0.39, 0.29) is 11.8 Å². The summed E-state index contributed by atoms with van der Waals surface area (Å²) >= 11 is 0. The Morgan fingerprint density at radius 3 is 2.68 bits per heavy atom. The average molecular weight is 301 g/mol. The fourth-order valence-corrected chi connectivity index (χ4v) is 2.66. The maximum absolute atomic E-state index is 12.0. The van der Waals surface area contributed by atoms with Crippen molar-refractivity contribution in [3.05, 3.63) is 29.8 Å². The second-order valence-electron chi connectivity index (χ2n) is 6.32. The molecule has 1 aliphatic carbocycles. The highest BCUT2D eigenvalue weighted by Crippen LogP contribution is 2.42. The Morgan fingerprint density at radius 1 is 1.32 bits per heavy atom. The minimum Gasteiger partial charge on any atom is -0.378 e. The molecule has 2 atom stereocenters. The lowest BCUT2D eigenvalue weighted by Crippen LogP contribution is -2.20. The van der Waals surface area contributed by atoms with E-state index in [9.17, 15) is 4.79 Å². The fraction of sp³-hybridized carbons (Fsp3) is 0.556. The number of nitrogens with zero attached hydrogens (tertiary/aromatic N) is 2. The number of carbonyl (C=O) groups is 1. The second kappa shape index (κ2) is 7.97. The third-order valence-corrected chi connectivity index (χ3v) is 4.24. The Bertz CT molecular complexity index is 508. The molecule has 0 saturated heterocycles. The number of hydrazone groups is 1. The Morgan fingerprint density at radius 2 is 2.05 bits per heavy atom. The van der Waals surface area contributed by atoms with Crippen LogP contribution in [-0.4, -0.2) is 26.2 Å². The molecule has 1 saturated carbocycles. The van der Waals surface area contributed by atoms with Crippen molar-refractivity contribution < 1.29 is 4.79 Å². The summed E-state index contributed by atoms with van der Waals surface area (Å²) in [6, 6.07) is 8.06. The van der Waals surface area contributed by atoms with E-state index in [1.807, 2.05) is 38.4 Å². The van der Waals surface area contributed by atoms with Crippen LogP contribution < -0.4 is 10.3 Å². The van der Waals surface area contributed by atoms with Crippen molar-refractivity contribution in [2.45, 2.75) is 39.0 Å². The van der Waals surface area contributed by atoms with E-state index >= 15 is 0 Å². The lowest BCUT2D eigenvalue weighted by molar-refractivity contribution is -0.122. The van der Waals surface area contributed by atoms with E-state index in [4.69, 9.17) is 0 Å². The highest BCUT2D eigenvalue weighted by molar-refractivity contribution is 5.85. The van der Waals surface area contributed by atoms with Crippen LogP contribution in [0.1, 0.15) is 44.6 Å². The van der Waals surface area contributed by atoms with Crippen LogP contribution in [0.5, 0.6) is 0 Å². The van der Waals surface area contributed by atoms with Gasteiger partial charge in [0.2, 0.25) is 5.91 Å². The van der Waals surface area contributed by atoms with Gasteiger partial charge < -0.3 is 4.90 Å². The molecule has 1 aliphatic rings. The summed E-state index contributed by atoms with van der Waals surface area (Å²) in [4.78, 5) is 14.0. The highest BCUT2D eigenvalue weighted by atomic mass is 16.2. The minimum atomic E-state index is 0.0719. The Kier molecular flexibility index (Phi) is 5.99. The van der Waals surface area contributed by atoms with Gasteiger partial charge in [0.15, 0.2) is 0 Å². The van der Waals surface area contributed by atoms with Gasteiger partial charge in [0.25, 0.3) is 0 Å². The van der Waals surface area contributed by atoms with Crippen LogP contribution in [0, 0.1) is 11.8 Å². The first kappa shape index (κ1) is 16.5. The largest absolute Gasteiger partial charge is 0.378 e. The summed E-state index contributed by atoms with van der Waals surface area (Å²) in [7, 11) is 4.02. The van der Waals surface area contributed by atoms with Gasteiger partial charge in [-0.3, -0.25) is 4.79 Å². The van der Waals surface area contributed by atoms with Gasteiger partial charge in [-0.05, 0) is 36.5 Å². The molecule has 0 radical (unpaired) electrons. The van der Waals surface area contributed by atoms with Gasteiger partial charge in [-0.15, -0.1) is 0 Å². The van der Waals surface area contributed by atoms with Crippen molar-refractivity contribution in [1.82, 2.24) is 5.43 Å². The fourth-order valence-electron chi connectivity index (χ4n) is 2.66. The highest BCUT2D eigenvalue weighted by Gasteiger charge is 2.41. The van der Waals surface area contributed by atoms with E-state index in [0.717, 1.165) is 17.7 Å². The first-order valence-corrected chi connectivity index (χ1v) is 8.22. The Balaban J connectivity index is 1.72. The molecule has 0 heterocycles. The summed E-state index contributed by atoms with van der Waals surface area (Å²) in [5, 5.41) is 4.07. The summed E-state index contributed by atoms with van der Waals surface area (Å²) < 4.78 is 0. The van der Waals surface area contributed by atoms with Crippen LogP contribution >= 0.6 is 0 Å². The Hall–Kier alpha value is -1.84. The van der Waals surface area contributed by atoms with E-state index in [2.05, 4.69) is 22.4 Å². The van der Waals surface area contributed by atoms with Gasteiger partial charge in [-0.25, -0.2) is 5.43 Å². The summed E-state index contributed by atoms with van der Waals surface area (Å²) in [6.07, 6.45) is 7.66. The molecular formula is C18H27N3O. The molecule has 0 bridgehead atoms. The third-order valence-electron chi connectivity index (χ3n) is 4.24. The van der Waals surface area contributed by atoms with E-state index in [1.165, 1.54) is 25.7 Å². The standard InChI is InChI=1S/C18H27N3O/c1-4-5-6-7-15-12-17(15)18(22)20-19-13-14-8-10-16(11-9-14)21(2)3/h8-11,13,15,17H,4-7,12H2,1-3H3,(H,20,22)/b19-13-/t15-,17-/m1/s1. The zero-order valence-corrected chi connectivity index (χ0v) is 13.9. The van der Waals surface area contributed by atoms with Gasteiger partial charge >= 0.3 is 0 Å². The number of hydrogen-bond donors (Lipinski definition) is 1. The Labute approximate surface area is 133 Å². The van der Waals surface area contributed by atoms with Crippen molar-refractivity contribution in [3.63, 3.8) is 0 Å². The van der Waals surface area contributed by atoms with Crippen molar-refractivity contribution in [2.75, 3.05) is 19.0 Å². The van der Waals surface area contributed by atoms with Crippen molar-refractivity contribution in [3.8, 4) is 0 Å². The SMILES string of the molecule is CCCCC[C@@H]1C[C@H]1C(=O)N/N=C\c1ccc(N(C)C)cc1. The van der Waals surface area contributed by atoms with E-state index in [0.29, 0.717) is 5.92 Å². The number of anilines is 1. The molecule has 4 nitrogen and oxygen atoms in total. The number of benzene rings is 1. The molecule has 2 rings (SSSR count). The smallest absolute Gasteiger partial charge is 0.243 e. The van der Waals surface area contributed by atoms with Gasteiger partial charge in [0.1, 0.15) is 0 Å². The molecular weight excluding hydrogens is 274 g/mol. The van der Waals surface area contributed by atoms with Crippen LogP contribution in [0.15, 0.2) is 29.4 Å². The average Bonchev–Trinajstić information content (AvgIpc) is 3.27. The summed E-state index contributed by atoms with van der Waals surface area (Å²) in [6.45, 7) is 2.21. The van der Waals surface area contributed by atoms with Crippen LogP contribution in [0.25, 0.3) is 0 Å². The maximum atomic E-state index is 12.0. The predicted molar refractivity (Wildman–Crippen MR) is 92.2 cm³/mol.